The third-order valence-electron chi connectivity index (χ3n) is 9.56. The van der Waals surface area contributed by atoms with Crippen LogP contribution in [0.5, 0.6) is 0 Å². The summed E-state index contributed by atoms with van der Waals surface area (Å²) in [6.45, 7) is 9.16. The van der Waals surface area contributed by atoms with E-state index in [9.17, 15) is 9.59 Å². The predicted molar refractivity (Wildman–Crippen MR) is 127 cm³/mol. The molecule has 1 N–H and O–H groups in total. The number of esters is 1. The van der Waals surface area contributed by atoms with Crippen molar-refractivity contribution in [3.8, 4) is 0 Å². The first kappa shape index (κ1) is 22.9. The van der Waals surface area contributed by atoms with Gasteiger partial charge in [0, 0.05) is 17.3 Å². The van der Waals surface area contributed by atoms with Crippen LogP contribution in [0.4, 0.5) is 0 Å². The van der Waals surface area contributed by atoms with E-state index in [4.69, 9.17) is 9.84 Å². The Morgan fingerprint density at radius 1 is 1.09 bits per heavy atom. The van der Waals surface area contributed by atoms with Crippen molar-refractivity contribution in [3.05, 3.63) is 17.0 Å². The van der Waals surface area contributed by atoms with E-state index in [1.165, 1.54) is 38.5 Å². The molecule has 1 amide bonds. The van der Waals surface area contributed by atoms with Crippen LogP contribution in [0.2, 0.25) is 0 Å². The van der Waals surface area contributed by atoms with Gasteiger partial charge < -0.3 is 10.1 Å². The first-order chi connectivity index (χ1) is 15.8. The van der Waals surface area contributed by atoms with Crippen molar-refractivity contribution in [1.29, 1.82) is 0 Å². The molecule has 4 aliphatic carbocycles. The fraction of sp³-hybridized carbons (Fsp3) is 0.815. The van der Waals surface area contributed by atoms with Gasteiger partial charge in [-0.3, -0.25) is 14.3 Å². The second kappa shape index (κ2) is 8.42. The van der Waals surface area contributed by atoms with Gasteiger partial charge in [0.2, 0.25) is 0 Å². The number of nitrogens with one attached hydrogen (secondary N) is 1. The van der Waals surface area contributed by atoms with Crippen LogP contribution in [0.25, 0.3) is 0 Å². The van der Waals surface area contributed by atoms with Crippen LogP contribution < -0.4 is 5.32 Å². The van der Waals surface area contributed by atoms with Crippen molar-refractivity contribution < 1.29 is 14.3 Å². The fourth-order valence-electron chi connectivity index (χ4n) is 7.85. The van der Waals surface area contributed by atoms with Gasteiger partial charge in [-0.25, -0.2) is 0 Å². The molecule has 6 nitrogen and oxygen atoms in total. The van der Waals surface area contributed by atoms with Crippen molar-refractivity contribution in [2.75, 3.05) is 6.61 Å². The third kappa shape index (κ3) is 3.72. The summed E-state index contributed by atoms with van der Waals surface area (Å²) in [5, 5.41) is 8.43. The SMILES string of the molecule is CCOC(=O)C1CCCc2c1c(C(=O)NC1C3(C)CCC(C3)C1(C)C)nn2C1CCCCC1. The van der Waals surface area contributed by atoms with Crippen molar-refractivity contribution in [2.45, 2.75) is 116 Å². The minimum absolute atomic E-state index is 0.0786. The molecule has 0 spiro atoms. The molecule has 0 saturated heterocycles. The highest BCUT2D eigenvalue weighted by molar-refractivity contribution is 5.96. The van der Waals surface area contributed by atoms with E-state index in [2.05, 4.69) is 30.8 Å². The molecule has 3 fully saturated rings. The van der Waals surface area contributed by atoms with Crippen LogP contribution in [-0.4, -0.2) is 34.3 Å². The molecule has 1 heterocycles. The lowest BCUT2D eigenvalue weighted by molar-refractivity contribution is -0.145. The normalized spacial score (nSPS) is 33.0. The van der Waals surface area contributed by atoms with Gasteiger partial charge in [-0.05, 0) is 75.0 Å². The van der Waals surface area contributed by atoms with Crippen molar-refractivity contribution >= 4 is 11.9 Å². The molecule has 33 heavy (non-hydrogen) atoms. The number of carbonyl (C=O) groups is 2. The zero-order valence-electron chi connectivity index (χ0n) is 20.9. The molecule has 2 bridgehead atoms. The molecule has 5 rings (SSSR count). The van der Waals surface area contributed by atoms with E-state index in [1.54, 1.807) is 0 Å². The standard InChI is InChI=1S/C27H41N3O3/c1-5-33-24(32)19-12-9-13-20-21(19)22(29-30(20)18-10-7-6-8-11-18)23(31)28-25-26(2,3)17-14-15-27(25,4)16-17/h17-19,25H,5-16H2,1-4H3,(H,28,31). The number of hydrogen-bond donors (Lipinski definition) is 1. The van der Waals surface area contributed by atoms with Gasteiger partial charge in [0.15, 0.2) is 5.69 Å². The maximum absolute atomic E-state index is 13.9. The van der Waals surface area contributed by atoms with Gasteiger partial charge in [0.05, 0.1) is 18.6 Å². The Hall–Kier alpha value is -1.85. The Balaban J connectivity index is 1.51. The lowest BCUT2D eigenvalue weighted by Crippen LogP contribution is -2.52. The summed E-state index contributed by atoms with van der Waals surface area (Å²) < 4.78 is 7.58. The molecule has 0 radical (unpaired) electrons. The summed E-state index contributed by atoms with van der Waals surface area (Å²) in [6.07, 6.45) is 12.1. The summed E-state index contributed by atoms with van der Waals surface area (Å²) in [7, 11) is 0. The highest BCUT2D eigenvalue weighted by Crippen LogP contribution is 2.62. The minimum Gasteiger partial charge on any atom is -0.466 e. The zero-order chi connectivity index (χ0) is 23.4. The van der Waals surface area contributed by atoms with Gasteiger partial charge in [0.1, 0.15) is 0 Å². The first-order valence-corrected chi connectivity index (χ1v) is 13.3. The molecule has 4 aliphatic rings. The van der Waals surface area contributed by atoms with E-state index < -0.39 is 0 Å². The average molecular weight is 456 g/mol. The van der Waals surface area contributed by atoms with Crippen molar-refractivity contribution in [1.82, 2.24) is 15.1 Å². The topological polar surface area (TPSA) is 73.2 Å². The van der Waals surface area contributed by atoms with Gasteiger partial charge in [-0.2, -0.15) is 5.10 Å². The summed E-state index contributed by atoms with van der Waals surface area (Å²) in [5.74, 6) is -0.0176. The lowest BCUT2D eigenvalue weighted by atomic mass is 9.68. The summed E-state index contributed by atoms with van der Waals surface area (Å²) >= 11 is 0. The summed E-state index contributed by atoms with van der Waals surface area (Å²) in [4.78, 5) is 26.8. The number of fused-ring (bicyclic) bond motifs is 3. The minimum atomic E-state index is -0.379. The molecule has 182 valence electrons. The highest BCUT2D eigenvalue weighted by Gasteiger charge is 2.60. The molecule has 6 heteroatoms. The van der Waals surface area contributed by atoms with Gasteiger partial charge in [-0.1, -0.05) is 40.0 Å². The monoisotopic (exact) mass is 455 g/mol. The quantitative estimate of drug-likeness (QED) is 0.610. The predicted octanol–water partition coefficient (Wildman–Crippen LogP) is 5.32. The number of nitrogens with zero attached hydrogens (tertiary/aromatic N) is 2. The van der Waals surface area contributed by atoms with E-state index in [0.717, 1.165) is 43.4 Å². The van der Waals surface area contributed by atoms with Gasteiger partial charge in [0.25, 0.3) is 5.91 Å². The molecule has 1 aromatic heterocycles. The van der Waals surface area contributed by atoms with Crippen LogP contribution in [0.15, 0.2) is 0 Å². The Morgan fingerprint density at radius 3 is 2.52 bits per heavy atom. The number of rotatable bonds is 5. The second-order valence-corrected chi connectivity index (χ2v) is 12.0. The largest absolute Gasteiger partial charge is 0.466 e. The smallest absolute Gasteiger partial charge is 0.313 e. The highest BCUT2D eigenvalue weighted by atomic mass is 16.5. The third-order valence-corrected chi connectivity index (χ3v) is 9.56. The number of ether oxygens (including phenoxy) is 1. The first-order valence-electron chi connectivity index (χ1n) is 13.3. The Bertz CT molecular complexity index is 925. The lowest BCUT2D eigenvalue weighted by Gasteiger charge is -2.43. The summed E-state index contributed by atoms with van der Waals surface area (Å²) in [5.41, 5.74) is 2.67. The van der Waals surface area contributed by atoms with Crippen molar-refractivity contribution in [2.24, 2.45) is 16.7 Å². The Morgan fingerprint density at radius 2 is 1.85 bits per heavy atom. The zero-order valence-corrected chi connectivity index (χ0v) is 20.9. The molecule has 4 unspecified atom stereocenters. The second-order valence-electron chi connectivity index (χ2n) is 12.0. The maximum atomic E-state index is 13.9. The molecular weight excluding hydrogens is 414 g/mol. The molecular formula is C27H41N3O3. The molecule has 0 aliphatic heterocycles. The van der Waals surface area contributed by atoms with E-state index in [-0.39, 0.29) is 34.7 Å². The van der Waals surface area contributed by atoms with Crippen LogP contribution >= 0.6 is 0 Å². The van der Waals surface area contributed by atoms with E-state index >= 15 is 0 Å². The molecule has 1 aromatic rings. The van der Waals surface area contributed by atoms with E-state index in [0.29, 0.717) is 24.3 Å². The summed E-state index contributed by atoms with van der Waals surface area (Å²) in [6, 6.07) is 0.475. The molecule has 3 saturated carbocycles. The number of carbonyl (C=O) groups excluding carboxylic acids is 2. The Labute approximate surface area is 198 Å². The maximum Gasteiger partial charge on any atom is 0.313 e. The molecule has 0 aromatic carbocycles. The Kier molecular flexibility index (Phi) is 5.85. The van der Waals surface area contributed by atoms with Gasteiger partial charge in [-0.15, -0.1) is 0 Å². The van der Waals surface area contributed by atoms with Crippen LogP contribution in [0.3, 0.4) is 0 Å². The van der Waals surface area contributed by atoms with Gasteiger partial charge >= 0.3 is 5.97 Å². The molecule has 4 atom stereocenters. The number of amides is 1. The van der Waals surface area contributed by atoms with E-state index in [1.807, 2.05) is 6.92 Å². The number of hydrogen-bond acceptors (Lipinski definition) is 4. The van der Waals surface area contributed by atoms with Crippen LogP contribution in [0, 0.1) is 16.7 Å². The fourth-order valence-corrected chi connectivity index (χ4v) is 7.85. The average Bonchev–Trinajstić information content (AvgIpc) is 3.44. The van der Waals surface area contributed by atoms with Crippen LogP contribution in [0.1, 0.15) is 126 Å². The van der Waals surface area contributed by atoms with Crippen molar-refractivity contribution in [3.63, 3.8) is 0 Å². The number of aromatic nitrogens is 2. The van der Waals surface area contributed by atoms with Crippen LogP contribution in [-0.2, 0) is 16.0 Å².